The number of fused-ring (bicyclic) bond motifs is 1. The minimum Gasteiger partial charge on any atom is -0.341 e. The highest BCUT2D eigenvalue weighted by atomic mass is 32.1. The summed E-state index contributed by atoms with van der Waals surface area (Å²) in [6.45, 7) is -0.162. The normalized spacial score (nSPS) is 11.4. The summed E-state index contributed by atoms with van der Waals surface area (Å²) < 4.78 is 14.8. The van der Waals surface area contributed by atoms with Crippen LogP contribution in [0.4, 0.5) is 9.18 Å². The fraction of sp³-hybridized carbons (Fsp3) is 0.190. The van der Waals surface area contributed by atoms with Crippen molar-refractivity contribution >= 4 is 33.4 Å². The Morgan fingerprint density at radius 3 is 2.62 bits per heavy atom. The van der Waals surface area contributed by atoms with Crippen molar-refractivity contribution < 1.29 is 14.0 Å². The van der Waals surface area contributed by atoms with Gasteiger partial charge in [0.1, 0.15) is 18.4 Å². The maximum absolute atomic E-state index is 13.7. The summed E-state index contributed by atoms with van der Waals surface area (Å²) in [7, 11) is 0. The SMILES string of the molecule is N#CCNC(=O)C(Cc1csc2ccccc12)NC(=O)NCc1ccccc1F. The van der Waals surface area contributed by atoms with Gasteiger partial charge in [0.05, 0.1) is 6.07 Å². The van der Waals surface area contributed by atoms with Crippen LogP contribution in [0.15, 0.2) is 53.9 Å². The summed E-state index contributed by atoms with van der Waals surface area (Å²) in [5.74, 6) is -0.872. The molecule has 6 nitrogen and oxygen atoms in total. The van der Waals surface area contributed by atoms with Crippen molar-refractivity contribution in [2.45, 2.75) is 19.0 Å². The van der Waals surface area contributed by atoms with Crippen LogP contribution in [0.5, 0.6) is 0 Å². The Balaban J connectivity index is 1.69. The molecule has 3 rings (SSSR count). The topological polar surface area (TPSA) is 94.0 Å². The Morgan fingerprint density at radius 2 is 1.83 bits per heavy atom. The van der Waals surface area contributed by atoms with Crippen molar-refractivity contribution in [3.63, 3.8) is 0 Å². The Morgan fingerprint density at radius 1 is 1.07 bits per heavy atom. The van der Waals surface area contributed by atoms with Gasteiger partial charge in [0.25, 0.3) is 0 Å². The van der Waals surface area contributed by atoms with Crippen LogP contribution in [0, 0.1) is 17.1 Å². The van der Waals surface area contributed by atoms with Gasteiger partial charge in [-0.1, -0.05) is 36.4 Å². The van der Waals surface area contributed by atoms with Gasteiger partial charge in [-0.15, -0.1) is 11.3 Å². The predicted molar refractivity (Wildman–Crippen MR) is 110 cm³/mol. The van der Waals surface area contributed by atoms with E-state index in [-0.39, 0.29) is 19.5 Å². The van der Waals surface area contributed by atoms with Crippen LogP contribution in [0.25, 0.3) is 10.1 Å². The van der Waals surface area contributed by atoms with Crippen LogP contribution in [0.1, 0.15) is 11.1 Å². The number of hydrogen-bond acceptors (Lipinski definition) is 4. The van der Waals surface area contributed by atoms with Crippen LogP contribution in [0.2, 0.25) is 0 Å². The minimum absolute atomic E-state index is 0.00752. The number of urea groups is 1. The smallest absolute Gasteiger partial charge is 0.315 e. The maximum Gasteiger partial charge on any atom is 0.315 e. The van der Waals surface area contributed by atoms with Crippen LogP contribution in [-0.2, 0) is 17.8 Å². The molecule has 3 aromatic rings. The van der Waals surface area contributed by atoms with Gasteiger partial charge in [-0.25, -0.2) is 9.18 Å². The first-order valence-corrected chi connectivity index (χ1v) is 9.84. The molecule has 0 aliphatic rings. The Bertz CT molecular complexity index is 1060. The van der Waals surface area contributed by atoms with Gasteiger partial charge in [-0.3, -0.25) is 4.79 Å². The molecule has 29 heavy (non-hydrogen) atoms. The molecule has 1 atom stereocenters. The number of nitriles is 1. The number of carbonyl (C=O) groups excluding carboxylic acids is 2. The van der Waals surface area contributed by atoms with Gasteiger partial charge in [-0.05, 0) is 28.5 Å². The van der Waals surface area contributed by atoms with Gasteiger partial charge >= 0.3 is 6.03 Å². The summed E-state index contributed by atoms with van der Waals surface area (Å²) in [6.07, 6.45) is 0.272. The second-order valence-electron chi connectivity index (χ2n) is 6.31. The number of thiophene rings is 1. The van der Waals surface area contributed by atoms with Crippen molar-refractivity contribution in [3.05, 3.63) is 70.9 Å². The van der Waals surface area contributed by atoms with E-state index in [0.29, 0.717) is 5.56 Å². The predicted octanol–water partition coefficient (Wildman–Crippen LogP) is 3.09. The zero-order valence-electron chi connectivity index (χ0n) is 15.4. The molecule has 0 radical (unpaired) electrons. The summed E-state index contributed by atoms with van der Waals surface area (Å²) in [4.78, 5) is 24.8. The summed E-state index contributed by atoms with van der Waals surface area (Å²) in [5, 5.41) is 19.4. The number of rotatable bonds is 7. The molecule has 0 saturated carbocycles. The van der Waals surface area contributed by atoms with Crippen LogP contribution >= 0.6 is 11.3 Å². The number of amides is 3. The second-order valence-corrected chi connectivity index (χ2v) is 7.22. The van der Waals surface area contributed by atoms with Gasteiger partial charge in [-0.2, -0.15) is 5.26 Å². The first-order valence-electron chi connectivity index (χ1n) is 8.96. The lowest BCUT2D eigenvalue weighted by atomic mass is 10.0. The minimum atomic E-state index is -0.873. The van der Waals surface area contributed by atoms with Gasteiger partial charge in [0.15, 0.2) is 0 Å². The van der Waals surface area contributed by atoms with E-state index in [4.69, 9.17) is 5.26 Å². The zero-order chi connectivity index (χ0) is 20.6. The second kappa shape index (κ2) is 9.66. The fourth-order valence-electron chi connectivity index (χ4n) is 2.90. The van der Waals surface area contributed by atoms with E-state index in [2.05, 4.69) is 16.0 Å². The molecule has 0 aliphatic heterocycles. The van der Waals surface area contributed by atoms with Gasteiger partial charge in [0.2, 0.25) is 5.91 Å². The van der Waals surface area contributed by atoms with Crippen molar-refractivity contribution in [1.82, 2.24) is 16.0 Å². The lowest BCUT2D eigenvalue weighted by Gasteiger charge is -2.18. The molecule has 0 spiro atoms. The van der Waals surface area contributed by atoms with Crippen molar-refractivity contribution in [1.29, 1.82) is 5.26 Å². The third-order valence-electron chi connectivity index (χ3n) is 4.35. The fourth-order valence-corrected chi connectivity index (χ4v) is 3.87. The summed E-state index contributed by atoms with van der Waals surface area (Å²) in [6, 6.07) is 14.3. The van der Waals surface area contributed by atoms with Crippen molar-refractivity contribution in [2.24, 2.45) is 0 Å². The zero-order valence-corrected chi connectivity index (χ0v) is 16.3. The molecular formula is C21H19FN4O2S. The average Bonchev–Trinajstić information content (AvgIpc) is 3.14. The van der Waals surface area contributed by atoms with Crippen LogP contribution in [-0.4, -0.2) is 24.5 Å². The van der Waals surface area contributed by atoms with E-state index in [9.17, 15) is 14.0 Å². The van der Waals surface area contributed by atoms with E-state index in [0.717, 1.165) is 15.6 Å². The number of nitrogens with one attached hydrogen (secondary N) is 3. The highest BCUT2D eigenvalue weighted by Crippen LogP contribution is 2.26. The molecule has 0 saturated heterocycles. The molecule has 1 heterocycles. The Labute approximate surface area is 171 Å². The molecule has 3 N–H and O–H groups in total. The molecule has 0 aliphatic carbocycles. The van der Waals surface area contributed by atoms with Crippen molar-refractivity contribution in [2.75, 3.05) is 6.54 Å². The summed E-state index contributed by atoms with van der Waals surface area (Å²) >= 11 is 1.56. The van der Waals surface area contributed by atoms with Crippen molar-refractivity contribution in [3.8, 4) is 6.07 Å². The lowest BCUT2D eigenvalue weighted by Crippen LogP contribution is -2.51. The molecule has 0 fully saturated rings. The molecule has 1 unspecified atom stereocenters. The lowest BCUT2D eigenvalue weighted by molar-refractivity contribution is -0.122. The Hall–Kier alpha value is -3.44. The first-order chi connectivity index (χ1) is 14.1. The standard InChI is InChI=1S/C21H19FN4O2S/c22-17-7-3-1-5-14(17)12-25-21(28)26-18(20(27)24-10-9-23)11-15-13-29-19-8-4-2-6-16(15)19/h1-8,13,18H,10-12H2,(H,24,27)(H2,25,26,28). The van der Waals surface area contributed by atoms with E-state index >= 15 is 0 Å². The van der Waals surface area contributed by atoms with E-state index in [1.165, 1.54) is 6.07 Å². The van der Waals surface area contributed by atoms with E-state index < -0.39 is 23.8 Å². The van der Waals surface area contributed by atoms with Gasteiger partial charge in [0, 0.05) is 23.2 Å². The van der Waals surface area contributed by atoms with E-state index in [1.54, 1.807) is 29.5 Å². The highest BCUT2D eigenvalue weighted by molar-refractivity contribution is 7.17. The first kappa shape index (κ1) is 20.3. The Kier molecular flexibility index (Phi) is 6.76. The number of carbonyl (C=O) groups is 2. The molecule has 3 amide bonds. The maximum atomic E-state index is 13.7. The van der Waals surface area contributed by atoms with E-state index in [1.807, 2.05) is 35.7 Å². The number of benzene rings is 2. The van der Waals surface area contributed by atoms with Gasteiger partial charge < -0.3 is 16.0 Å². The molecule has 2 aromatic carbocycles. The summed E-state index contributed by atoms with van der Waals surface area (Å²) in [5.41, 5.74) is 1.27. The average molecular weight is 410 g/mol. The molecule has 8 heteroatoms. The largest absolute Gasteiger partial charge is 0.341 e. The third kappa shape index (κ3) is 5.30. The van der Waals surface area contributed by atoms with Crippen LogP contribution in [0.3, 0.4) is 0 Å². The van der Waals surface area contributed by atoms with Crippen LogP contribution < -0.4 is 16.0 Å². The number of hydrogen-bond donors (Lipinski definition) is 3. The third-order valence-corrected chi connectivity index (χ3v) is 5.36. The monoisotopic (exact) mass is 410 g/mol. The quantitative estimate of drug-likeness (QED) is 0.523. The molecule has 0 bridgehead atoms. The molecular weight excluding hydrogens is 391 g/mol. The molecule has 1 aromatic heterocycles. The number of nitrogens with zero attached hydrogens (tertiary/aromatic N) is 1. The highest BCUT2D eigenvalue weighted by Gasteiger charge is 2.22. The number of halogens is 1. The molecule has 148 valence electrons.